The average molecular weight is 229 g/mol. The predicted octanol–water partition coefficient (Wildman–Crippen LogP) is 4.28. The molecule has 1 radical (unpaired) electrons. The third-order valence-corrected chi connectivity index (χ3v) is 7.84. The smallest absolute Gasteiger partial charge is 0.126 e. The first-order valence-corrected chi connectivity index (χ1v) is 8.74. The second-order valence-corrected chi connectivity index (χ2v) is 10.9. The maximum absolute atomic E-state index is 3.52. The van der Waals surface area contributed by atoms with Gasteiger partial charge in [0.15, 0.2) is 0 Å². The van der Waals surface area contributed by atoms with Crippen LogP contribution >= 0.6 is 0 Å². The van der Waals surface area contributed by atoms with Gasteiger partial charge in [0.2, 0.25) is 0 Å². The highest BCUT2D eigenvalue weighted by Crippen LogP contribution is 2.35. The molecule has 0 nitrogen and oxygen atoms in total. The van der Waals surface area contributed by atoms with Crippen LogP contribution < -0.4 is 0 Å². The van der Waals surface area contributed by atoms with Crippen LogP contribution in [0.3, 0.4) is 0 Å². The molecule has 0 saturated carbocycles. The van der Waals surface area contributed by atoms with Gasteiger partial charge in [0, 0.05) is 12.0 Å². The normalized spacial score (nSPS) is 16.1. The van der Waals surface area contributed by atoms with Gasteiger partial charge < -0.3 is 0 Å². The van der Waals surface area contributed by atoms with Crippen molar-refractivity contribution in [1.29, 1.82) is 0 Å². The van der Waals surface area contributed by atoms with Gasteiger partial charge in [-0.1, -0.05) is 39.8 Å². The predicted molar refractivity (Wildman–Crippen MR) is 74.6 cm³/mol. The summed E-state index contributed by atoms with van der Waals surface area (Å²) >= 11 is 0. The zero-order chi connectivity index (χ0) is 12.4. The highest BCUT2D eigenvalue weighted by molar-refractivity contribution is 6.87. The Kier molecular flexibility index (Phi) is 3.68. The van der Waals surface area contributed by atoms with Crippen molar-refractivity contribution < 1.29 is 0 Å². The van der Waals surface area contributed by atoms with Gasteiger partial charge in [-0.25, -0.2) is 0 Å². The molecule has 85 valence electrons. The Hall–Kier alpha value is -0.963. The molecule has 0 aromatic heterocycles. The van der Waals surface area contributed by atoms with E-state index >= 15 is 0 Å². The van der Waals surface area contributed by atoms with Gasteiger partial charge in [0.05, 0.1) is 0 Å². The van der Waals surface area contributed by atoms with E-state index in [0.29, 0.717) is 5.04 Å². The topological polar surface area (TPSA) is 0 Å². The van der Waals surface area contributed by atoms with Crippen LogP contribution in [0.15, 0.2) is 29.0 Å². The summed E-state index contributed by atoms with van der Waals surface area (Å²) in [5.41, 5.74) is 8.93. The monoisotopic (exact) mass is 229 g/mol. The van der Waals surface area contributed by atoms with E-state index in [-0.39, 0.29) is 0 Å². The van der Waals surface area contributed by atoms with E-state index in [0.717, 1.165) is 11.1 Å². The first-order chi connectivity index (χ1) is 7.22. The van der Waals surface area contributed by atoms with Crippen molar-refractivity contribution in [2.24, 2.45) is 0 Å². The second-order valence-electron chi connectivity index (χ2n) is 5.89. The lowest BCUT2D eigenvalue weighted by Gasteiger charge is -2.31. The molecule has 0 bridgehead atoms. The summed E-state index contributed by atoms with van der Waals surface area (Å²) in [6, 6.07) is 0. The Bertz CT molecular complexity index is 424. The Labute approximate surface area is 101 Å². The first kappa shape index (κ1) is 13.1. The fraction of sp³-hybridized carbons (Fsp3) is 0.467. The van der Waals surface area contributed by atoms with Crippen LogP contribution in [0.2, 0.25) is 18.1 Å². The maximum Gasteiger partial charge on any atom is 0.138 e. The van der Waals surface area contributed by atoms with Crippen LogP contribution in [0.25, 0.3) is 0 Å². The minimum Gasteiger partial charge on any atom is -0.126 e. The van der Waals surface area contributed by atoms with Crippen molar-refractivity contribution in [2.45, 2.75) is 45.8 Å². The molecule has 0 heterocycles. The van der Waals surface area contributed by atoms with Crippen LogP contribution in [0, 0.1) is 17.9 Å². The van der Waals surface area contributed by atoms with Crippen LogP contribution in [-0.4, -0.2) is 8.07 Å². The number of rotatable bonds is 0. The van der Waals surface area contributed by atoms with Gasteiger partial charge >= 0.3 is 0 Å². The fourth-order valence-electron chi connectivity index (χ4n) is 1.08. The number of hydrogen-bond acceptors (Lipinski definition) is 0. The van der Waals surface area contributed by atoms with Gasteiger partial charge in [-0.05, 0) is 29.7 Å². The zero-order valence-corrected chi connectivity index (χ0v) is 12.2. The SMILES string of the molecule is CC1=C=CC=C(C#C[Si](C)(C)C(C)(C)C)[CH]1. The molecule has 0 N–H and O–H groups in total. The molecule has 0 aliphatic heterocycles. The van der Waals surface area contributed by atoms with Crippen LogP contribution in [0.4, 0.5) is 0 Å². The van der Waals surface area contributed by atoms with Crippen molar-refractivity contribution in [1.82, 2.24) is 0 Å². The molecular formula is C15H21Si. The Balaban J connectivity index is 2.85. The maximum atomic E-state index is 3.52. The molecule has 1 rings (SSSR count). The van der Waals surface area contributed by atoms with E-state index in [4.69, 9.17) is 0 Å². The fourth-order valence-corrected chi connectivity index (χ4v) is 1.91. The van der Waals surface area contributed by atoms with Gasteiger partial charge in [-0.15, -0.1) is 11.3 Å². The van der Waals surface area contributed by atoms with Crippen LogP contribution in [0.1, 0.15) is 27.7 Å². The van der Waals surface area contributed by atoms with E-state index < -0.39 is 8.07 Å². The summed E-state index contributed by atoms with van der Waals surface area (Å²) in [5.74, 6) is 3.32. The first-order valence-electron chi connectivity index (χ1n) is 5.74. The van der Waals surface area contributed by atoms with E-state index in [1.165, 1.54) is 0 Å². The van der Waals surface area contributed by atoms with Crippen molar-refractivity contribution in [3.8, 4) is 11.5 Å². The Morgan fingerprint density at radius 1 is 1.25 bits per heavy atom. The molecule has 16 heavy (non-hydrogen) atoms. The van der Waals surface area contributed by atoms with Gasteiger partial charge in [-0.2, -0.15) is 0 Å². The third-order valence-electron chi connectivity index (χ3n) is 3.34. The molecule has 0 unspecified atom stereocenters. The lowest BCUT2D eigenvalue weighted by Crippen LogP contribution is -2.35. The molecule has 0 aromatic carbocycles. The molecule has 0 aromatic rings. The number of hydrogen-bond donors (Lipinski definition) is 0. The highest BCUT2D eigenvalue weighted by Gasteiger charge is 2.33. The minimum absolute atomic E-state index is 0.329. The Morgan fingerprint density at radius 2 is 1.88 bits per heavy atom. The van der Waals surface area contributed by atoms with Crippen molar-refractivity contribution in [2.75, 3.05) is 0 Å². The van der Waals surface area contributed by atoms with Gasteiger partial charge in [0.1, 0.15) is 8.07 Å². The van der Waals surface area contributed by atoms with Crippen molar-refractivity contribution >= 4 is 8.07 Å². The summed E-state index contributed by atoms with van der Waals surface area (Å²) in [6.07, 6.45) is 6.08. The van der Waals surface area contributed by atoms with E-state index in [1.54, 1.807) is 0 Å². The average Bonchev–Trinajstić information content (AvgIpc) is 2.13. The van der Waals surface area contributed by atoms with E-state index in [1.807, 2.05) is 12.2 Å². The molecule has 0 spiro atoms. The van der Waals surface area contributed by atoms with Crippen LogP contribution in [-0.2, 0) is 0 Å². The molecule has 0 atom stereocenters. The molecule has 1 heteroatoms. The lowest BCUT2D eigenvalue weighted by atomic mass is 10.0. The lowest BCUT2D eigenvalue weighted by molar-refractivity contribution is 0.731. The number of allylic oxidation sites excluding steroid dienone is 3. The standard InChI is InChI=1S/C15H21Si/c1-13-8-7-9-14(12-13)10-11-16(5,6)15(2,3)4/h7,9,12H,1-6H3. The molecule has 1 aliphatic rings. The summed E-state index contributed by atoms with van der Waals surface area (Å²) in [7, 11) is -1.48. The van der Waals surface area contributed by atoms with E-state index in [2.05, 4.69) is 64.4 Å². The summed E-state index contributed by atoms with van der Waals surface area (Å²) in [5, 5.41) is 0.329. The quantitative estimate of drug-likeness (QED) is 0.330. The molecular weight excluding hydrogens is 208 g/mol. The molecule has 0 fully saturated rings. The van der Waals surface area contributed by atoms with Crippen LogP contribution in [0.5, 0.6) is 0 Å². The zero-order valence-electron chi connectivity index (χ0n) is 11.2. The van der Waals surface area contributed by atoms with Gasteiger partial charge in [-0.3, -0.25) is 0 Å². The molecule has 0 amide bonds. The van der Waals surface area contributed by atoms with Crippen molar-refractivity contribution in [3.05, 3.63) is 35.5 Å². The van der Waals surface area contributed by atoms with Crippen molar-refractivity contribution in [3.63, 3.8) is 0 Å². The van der Waals surface area contributed by atoms with Gasteiger partial charge in [0.25, 0.3) is 0 Å². The highest BCUT2D eigenvalue weighted by atomic mass is 28.3. The third kappa shape index (κ3) is 3.27. The summed E-state index contributed by atoms with van der Waals surface area (Å²) in [4.78, 5) is 0. The van der Waals surface area contributed by atoms with E-state index in [9.17, 15) is 0 Å². The minimum atomic E-state index is -1.48. The second kappa shape index (κ2) is 4.50. The Morgan fingerprint density at radius 3 is 2.38 bits per heavy atom. The molecule has 1 aliphatic carbocycles. The molecule has 0 saturated heterocycles. The largest absolute Gasteiger partial charge is 0.138 e. The summed E-state index contributed by atoms with van der Waals surface area (Å²) in [6.45, 7) is 13.6. The summed E-state index contributed by atoms with van der Waals surface area (Å²) < 4.78 is 0.